The van der Waals surface area contributed by atoms with Crippen molar-refractivity contribution in [3.05, 3.63) is 101 Å². The van der Waals surface area contributed by atoms with E-state index in [1.807, 2.05) is 42.5 Å². The topological polar surface area (TPSA) is 90.1 Å². The van der Waals surface area contributed by atoms with E-state index >= 15 is 0 Å². The van der Waals surface area contributed by atoms with E-state index in [0.29, 0.717) is 41.6 Å². The maximum Gasteiger partial charge on any atom is 0.261 e. The Morgan fingerprint density at radius 1 is 1.00 bits per heavy atom. The Morgan fingerprint density at radius 3 is 2.69 bits per heavy atom. The van der Waals surface area contributed by atoms with Gasteiger partial charge in [0.1, 0.15) is 0 Å². The van der Waals surface area contributed by atoms with E-state index < -0.39 is 12.1 Å². The minimum Gasteiger partial charge on any atom is -0.389 e. The van der Waals surface area contributed by atoms with E-state index in [-0.39, 0.29) is 18.2 Å². The van der Waals surface area contributed by atoms with Gasteiger partial charge in [-0.05, 0) is 59.7 Å². The molecule has 4 heterocycles. The molecular formula is C28H23FN4O3. The number of pyridine rings is 2. The first-order chi connectivity index (χ1) is 17.6. The SMILES string of the molecule is O=c1c2cc(Cc3ccnc(-c4cccnc4F)c3)c3ccccc3c2ncn1[C@H]1CCOC[C@@H]1O. The maximum absolute atomic E-state index is 14.3. The summed E-state index contributed by atoms with van der Waals surface area (Å²) < 4.78 is 21.1. The van der Waals surface area contributed by atoms with Gasteiger partial charge in [0, 0.05) is 24.4 Å². The van der Waals surface area contributed by atoms with Crippen LogP contribution in [0, 0.1) is 5.95 Å². The lowest BCUT2D eigenvalue weighted by Crippen LogP contribution is -2.39. The average Bonchev–Trinajstić information content (AvgIpc) is 2.90. The van der Waals surface area contributed by atoms with E-state index in [4.69, 9.17) is 4.74 Å². The van der Waals surface area contributed by atoms with Gasteiger partial charge < -0.3 is 9.84 Å². The molecule has 1 aliphatic rings. The number of aromatic nitrogens is 4. The second-order valence-corrected chi connectivity index (χ2v) is 9.00. The normalized spacial score (nSPS) is 18.1. The van der Waals surface area contributed by atoms with Crippen molar-refractivity contribution in [1.82, 2.24) is 19.5 Å². The van der Waals surface area contributed by atoms with E-state index in [0.717, 1.165) is 21.9 Å². The molecule has 0 saturated carbocycles. The van der Waals surface area contributed by atoms with Gasteiger partial charge >= 0.3 is 0 Å². The van der Waals surface area contributed by atoms with Crippen LogP contribution in [0.5, 0.6) is 0 Å². The molecule has 0 bridgehead atoms. The summed E-state index contributed by atoms with van der Waals surface area (Å²) in [6, 6.07) is 16.4. The fraction of sp³-hybridized carbons (Fsp3) is 0.214. The lowest BCUT2D eigenvalue weighted by atomic mass is 9.95. The average molecular weight is 483 g/mol. The molecule has 180 valence electrons. The van der Waals surface area contributed by atoms with Gasteiger partial charge in [-0.15, -0.1) is 0 Å². The number of ether oxygens (including phenoxy) is 1. The highest BCUT2D eigenvalue weighted by Gasteiger charge is 2.27. The monoisotopic (exact) mass is 482 g/mol. The predicted octanol–water partition coefficient (Wildman–Crippen LogP) is 4.06. The van der Waals surface area contributed by atoms with Gasteiger partial charge in [0.2, 0.25) is 5.95 Å². The number of hydrogen-bond donors (Lipinski definition) is 1. The molecule has 6 rings (SSSR count). The molecule has 1 N–H and O–H groups in total. The first-order valence-corrected chi connectivity index (χ1v) is 11.8. The van der Waals surface area contributed by atoms with Gasteiger partial charge in [-0.25, -0.2) is 9.97 Å². The molecule has 3 aromatic heterocycles. The van der Waals surface area contributed by atoms with Crippen LogP contribution in [0.15, 0.2) is 78.1 Å². The summed E-state index contributed by atoms with van der Waals surface area (Å²) in [4.78, 5) is 26.3. The Bertz CT molecular complexity index is 1650. The number of benzene rings is 2. The lowest BCUT2D eigenvalue weighted by Gasteiger charge is -2.29. The number of nitrogens with zero attached hydrogens (tertiary/aromatic N) is 4. The predicted molar refractivity (Wildman–Crippen MR) is 134 cm³/mol. The molecule has 36 heavy (non-hydrogen) atoms. The number of hydrogen-bond acceptors (Lipinski definition) is 6. The van der Waals surface area contributed by atoms with Crippen LogP contribution in [0.4, 0.5) is 4.39 Å². The fourth-order valence-electron chi connectivity index (χ4n) is 5.00. The van der Waals surface area contributed by atoms with Gasteiger partial charge in [-0.2, -0.15) is 4.39 Å². The zero-order valence-corrected chi connectivity index (χ0v) is 19.3. The molecule has 0 radical (unpaired) electrons. The van der Waals surface area contributed by atoms with Crippen molar-refractivity contribution in [3.63, 3.8) is 0 Å². The molecule has 2 atom stereocenters. The van der Waals surface area contributed by atoms with Crippen LogP contribution in [0.25, 0.3) is 32.9 Å². The maximum atomic E-state index is 14.3. The van der Waals surface area contributed by atoms with Gasteiger partial charge in [0.15, 0.2) is 0 Å². The van der Waals surface area contributed by atoms with E-state index in [2.05, 4.69) is 15.0 Å². The van der Waals surface area contributed by atoms with Crippen molar-refractivity contribution in [2.45, 2.75) is 25.0 Å². The number of aliphatic hydroxyl groups is 1. The van der Waals surface area contributed by atoms with Gasteiger partial charge in [0.25, 0.3) is 5.56 Å². The van der Waals surface area contributed by atoms with Crippen LogP contribution >= 0.6 is 0 Å². The van der Waals surface area contributed by atoms with Crippen LogP contribution in [-0.4, -0.2) is 43.9 Å². The number of rotatable bonds is 4. The molecule has 1 saturated heterocycles. The van der Waals surface area contributed by atoms with Crippen LogP contribution in [-0.2, 0) is 11.2 Å². The van der Waals surface area contributed by atoms with Crippen molar-refractivity contribution in [3.8, 4) is 11.3 Å². The van der Waals surface area contributed by atoms with E-state index in [1.165, 1.54) is 17.1 Å². The molecule has 0 aliphatic carbocycles. The lowest BCUT2D eigenvalue weighted by molar-refractivity contribution is -0.0395. The first-order valence-electron chi connectivity index (χ1n) is 11.8. The summed E-state index contributed by atoms with van der Waals surface area (Å²) in [5, 5.41) is 12.8. The summed E-state index contributed by atoms with van der Waals surface area (Å²) in [6.45, 7) is 0.678. The standard InChI is InChI=1S/C28H23FN4O3/c29-27-21(6-3-9-31-27)23-13-17(7-10-30-23)12-18-14-22-26(20-5-2-1-4-19(18)20)32-16-33(28(22)35)24-8-11-36-15-25(24)34/h1-7,9-10,13-14,16,24-25,34H,8,11-12,15H2/t24-,25-/m0/s1. The van der Waals surface area contributed by atoms with Crippen LogP contribution in [0.1, 0.15) is 23.6 Å². The highest BCUT2D eigenvalue weighted by atomic mass is 19.1. The van der Waals surface area contributed by atoms with Crippen molar-refractivity contribution >= 4 is 21.7 Å². The second-order valence-electron chi connectivity index (χ2n) is 9.00. The number of aliphatic hydroxyl groups excluding tert-OH is 1. The van der Waals surface area contributed by atoms with Gasteiger partial charge in [-0.3, -0.25) is 14.3 Å². The minimum absolute atomic E-state index is 0.189. The molecule has 7 nitrogen and oxygen atoms in total. The third kappa shape index (κ3) is 3.94. The zero-order valence-electron chi connectivity index (χ0n) is 19.3. The fourth-order valence-corrected chi connectivity index (χ4v) is 5.00. The summed E-state index contributed by atoms with van der Waals surface area (Å²) in [5.74, 6) is -0.569. The molecular weight excluding hydrogens is 459 g/mol. The Kier molecular flexibility index (Phi) is 5.75. The third-order valence-corrected chi connectivity index (χ3v) is 6.78. The van der Waals surface area contributed by atoms with E-state index in [1.54, 1.807) is 18.3 Å². The molecule has 0 spiro atoms. The largest absolute Gasteiger partial charge is 0.389 e. The smallest absolute Gasteiger partial charge is 0.261 e. The second kappa shape index (κ2) is 9.22. The number of fused-ring (bicyclic) bond motifs is 3. The first kappa shape index (κ1) is 22.5. The highest BCUT2D eigenvalue weighted by Crippen LogP contribution is 2.29. The summed E-state index contributed by atoms with van der Waals surface area (Å²) in [6.07, 6.45) is 4.89. The van der Waals surface area contributed by atoms with Crippen LogP contribution < -0.4 is 5.56 Å². The molecule has 1 fully saturated rings. The molecule has 1 aliphatic heterocycles. The molecule has 0 unspecified atom stereocenters. The Balaban J connectivity index is 1.48. The van der Waals surface area contributed by atoms with Crippen LogP contribution in [0.2, 0.25) is 0 Å². The van der Waals surface area contributed by atoms with Gasteiger partial charge in [-0.1, -0.05) is 24.3 Å². The minimum atomic E-state index is -0.765. The van der Waals surface area contributed by atoms with Crippen molar-refractivity contribution in [2.24, 2.45) is 0 Å². The Morgan fingerprint density at radius 2 is 1.86 bits per heavy atom. The van der Waals surface area contributed by atoms with Crippen molar-refractivity contribution in [1.29, 1.82) is 0 Å². The summed E-state index contributed by atoms with van der Waals surface area (Å²) in [5.41, 5.74) is 3.16. The third-order valence-electron chi connectivity index (χ3n) is 6.78. The Labute approximate surface area is 205 Å². The molecule has 5 aromatic rings. The quantitative estimate of drug-likeness (QED) is 0.307. The zero-order chi connectivity index (χ0) is 24.6. The summed E-state index contributed by atoms with van der Waals surface area (Å²) in [7, 11) is 0. The van der Waals surface area contributed by atoms with Crippen molar-refractivity contribution in [2.75, 3.05) is 13.2 Å². The summed E-state index contributed by atoms with van der Waals surface area (Å²) >= 11 is 0. The van der Waals surface area contributed by atoms with E-state index in [9.17, 15) is 14.3 Å². The van der Waals surface area contributed by atoms with Gasteiger partial charge in [0.05, 0.1) is 47.2 Å². The van der Waals surface area contributed by atoms with Crippen molar-refractivity contribution < 1.29 is 14.2 Å². The highest BCUT2D eigenvalue weighted by molar-refractivity contribution is 6.06. The number of halogens is 1. The molecule has 2 aromatic carbocycles. The molecule has 8 heteroatoms. The Hall–Kier alpha value is -4.01. The van der Waals surface area contributed by atoms with Crippen LogP contribution in [0.3, 0.4) is 0 Å². The molecule has 0 amide bonds.